The summed E-state index contributed by atoms with van der Waals surface area (Å²) in [6.07, 6.45) is -4.84. The molecule has 0 spiro atoms. The first-order valence-electron chi connectivity index (χ1n) is 4.88. The first kappa shape index (κ1) is 13.8. The first-order valence-corrected chi connectivity index (χ1v) is 4.88. The summed E-state index contributed by atoms with van der Waals surface area (Å²) in [6.45, 7) is 3.51. The number of hydrogen-bond acceptors (Lipinski definition) is 4. The van der Waals surface area contributed by atoms with Gasteiger partial charge in [0, 0.05) is 6.54 Å². The number of nitrogens with two attached hydrogens (primary N) is 1. The van der Waals surface area contributed by atoms with Gasteiger partial charge in [-0.2, -0.15) is 13.2 Å². The van der Waals surface area contributed by atoms with Crippen molar-refractivity contribution in [2.24, 2.45) is 11.1 Å². The highest BCUT2D eigenvalue weighted by atomic mass is 19.4. The first-order chi connectivity index (χ1) is 7.53. The molecule has 0 aliphatic carbocycles. The Morgan fingerprint density at radius 1 is 1.41 bits per heavy atom. The normalized spacial score (nSPS) is 24.6. The van der Waals surface area contributed by atoms with Crippen molar-refractivity contribution in [3.05, 3.63) is 0 Å². The van der Waals surface area contributed by atoms with Gasteiger partial charge in [-0.1, -0.05) is 13.8 Å². The Bertz CT molecular complexity index is 341. The van der Waals surface area contributed by atoms with Gasteiger partial charge in [0.15, 0.2) is 0 Å². The minimum absolute atomic E-state index is 0.0302. The number of hydroxylamine groups is 2. The molecule has 1 atom stereocenters. The van der Waals surface area contributed by atoms with E-state index in [1.165, 1.54) is 0 Å². The highest BCUT2D eigenvalue weighted by Gasteiger charge is 2.48. The summed E-state index contributed by atoms with van der Waals surface area (Å²) in [6, 6.07) is -1.02. The van der Waals surface area contributed by atoms with Gasteiger partial charge in [-0.15, -0.1) is 5.06 Å². The number of rotatable bonds is 2. The predicted octanol–water partition coefficient (Wildman–Crippen LogP) is 0.593. The second-order valence-corrected chi connectivity index (χ2v) is 4.74. The Hall–Kier alpha value is -1.31. The summed E-state index contributed by atoms with van der Waals surface area (Å²) in [5.74, 6) is -3.16. The van der Waals surface area contributed by atoms with Crippen LogP contribution in [0.1, 0.15) is 20.3 Å². The van der Waals surface area contributed by atoms with E-state index in [9.17, 15) is 22.8 Å². The summed E-state index contributed by atoms with van der Waals surface area (Å²) < 4.78 is 36.0. The molecule has 8 heteroatoms. The highest BCUT2D eigenvalue weighted by Crippen LogP contribution is 2.34. The van der Waals surface area contributed by atoms with Crippen molar-refractivity contribution in [3.8, 4) is 0 Å². The van der Waals surface area contributed by atoms with Crippen molar-refractivity contribution >= 4 is 11.9 Å². The largest absolute Gasteiger partial charge is 0.492 e. The summed E-state index contributed by atoms with van der Waals surface area (Å²) in [4.78, 5) is 25.9. The van der Waals surface area contributed by atoms with Crippen molar-refractivity contribution < 1.29 is 27.6 Å². The van der Waals surface area contributed by atoms with Gasteiger partial charge in [-0.25, -0.2) is 4.79 Å². The third kappa shape index (κ3) is 3.32. The van der Waals surface area contributed by atoms with Gasteiger partial charge < -0.3 is 10.6 Å². The van der Waals surface area contributed by atoms with E-state index in [1.807, 2.05) is 0 Å². The number of hydrogen-bond donors (Lipinski definition) is 1. The fourth-order valence-electron chi connectivity index (χ4n) is 1.72. The lowest BCUT2D eigenvalue weighted by Crippen LogP contribution is -2.43. The van der Waals surface area contributed by atoms with Gasteiger partial charge in [0.05, 0.1) is 0 Å². The molecule has 98 valence electrons. The molecule has 0 aromatic carbocycles. The molecule has 1 aliphatic rings. The quantitative estimate of drug-likeness (QED) is 0.782. The number of nitrogens with zero attached hydrogens (tertiary/aromatic N) is 1. The maximum absolute atomic E-state index is 12.0. The lowest BCUT2D eigenvalue weighted by Gasteiger charge is -2.21. The van der Waals surface area contributed by atoms with Gasteiger partial charge in [-0.05, 0) is 11.8 Å². The molecule has 0 aromatic rings. The zero-order valence-electron chi connectivity index (χ0n) is 9.37. The van der Waals surface area contributed by atoms with E-state index in [0.717, 1.165) is 0 Å². The Balaban J connectivity index is 2.76. The fourth-order valence-corrected chi connectivity index (χ4v) is 1.72. The summed E-state index contributed by atoms with van der Waals surface area (Å²) >= 11 is 0. The van der Waals surface area contributed by atoms with Crippen LogP contribution in [0.5, 0.6) is 0 Å². The molecular weight excluding hydrogens is 241 g/mol. The van der Waals surface area contributed by atoms with Gasteiger partial charge >= 0.3 is 12.1 Å². The Labute approximate surface area is 95.6 Å². The van der Waals surface area contributed by atoms with Gasteiger partial charge in [0.2, 0.25) is 5.91 Å². The molecule has 2 N–H and O–H groups in total. The van der Waals surface area contributed by atoms with E-state index >= 15 is 0 Å². The monoisotopic (exact) mass is 254 g/mol. The van der Waals surface area contributed by atoms with Crippen LogP contribution in [0.25, 0.3) is 0 Å². The van der Waals surface area contributed by atoms with Crippen LogP contribution in [-0.2, 0) is 14.4 Å². The number of amides is 1. The Morgan fingerprint density at radius 2 is 1.94 bits per heavy atom. The second-order valence-electron chi connectivity index (χ2n) is 4.74. The zero-order valence-corrected chi connectivity index (χ0v) is 9.37. The molecule has 1 aliphatic heterocycles. The molecule has 1 unspecified atom stereocenters. The lowest BCUT2D eigenvalue weighted by atomic mass is 9.90. The van der Waals surface area contributed by atoms with Crippen molar-refractivity contribution in [3.63, 3.8) is 0 Å². The Morgan fingerprint density at radius 3 is 2.35 bits per heavy atom. The van der Waals surface area contributed by atoms with Crippen molar-refractivity contribution in [1.82, 2.24) is 5.06 Å². The van der Waals surface area contributed by atoms with Crippen LogP contribution in [0, 0.1) is 5.41 Å². The smallest absolute Gasteiger partial charge is 0.368 e. The van der Waals surface area contributed by atoms with Crippen molar-refractivity contribution in [2.45, 2.75) is 32.5 Å². The predicted molar refractivity (Wildman–Crippen MR) is 50.2 cm³/mol. The van der Waals surface area contributed by atoms with E-state index in [-0.39, 0.29) is 13.0 Å². The van der Waals surface area contributed by atoms with Crippen molar-refractivity contribution in [2.75, 3.05) is 6.54 Å². The summed E-state index contributed by atoms with van der Waals surface area (Å²) in [5.41, 5.74) is 4.60. The second kappa shape index (κ2) is 4.17. The molecule has 0 radical (unpaired) electrons. The molecule has 1 heterocycles. The van der Waals surface area contributed by atoms with Gasteiger partial charge in [0.1, 0.15) is 6.04 Å². The zero-order chi connectivity index (χ0) is 13.4. The summed E-state index contributed by atoms with van der Waals surface area (Å²) in [5, 5.41) is 0.707. The van der Waals surface area contributed by atoms with Crippen LogP contribution < -0.4 is 5.73 Å². The molecule has 0 aromatic heterocycles. The third-order valence-electron chi connectivity index (χ3n) is 2.44. The number of carbonyl (C=O) groups excluding carboxylic acids is 2. The van der Waals surface area contributed by atoms with Crippen molar-refractivity contribution in [1.29, 1.82) is 0 Å². The van der Waals surface area contributed by atoms with Crippen LogP contribution in [-0.4, -0.2) is 35.7 Å². The molecule has 1 amide bonds. The molecule has 1 rings (SSSR count). The van der Waals surface area contributed by atoms with Crippen LogP contribution in [0.2, 0.25) is 0 Å². The van der Waals surface area contributed by atoms with E-state index < -0.39 is 29.5 Å². The maximum atomic E-state index is 12.0. The molecular formula is C9H13F3N2O3. The SMILES string of the molecule is CC1(C)CC(C(N)=O)N(OC(=O)C(F)(F)F)C1. The van der Waals surface area contributed by atoms with E-state index in [4.69, 9.17) is 5.73 Å². The minimum Gasteiger partial charge on any atom is -0.368 e. The van der Waals surface area contributed by atoms with Gasteiger partial charge in [0.25, 0.3) is 0 Å². The number of alkyl halides is 3. The maximum Gasteiger partial charge on any atom is 0.492 e. The highest BCUT2D eigenvalue weighted by molar-refractivity contribution is 5.81. The summed E-state index contributed by atoms with van der Waals surface area (Å²) in [7, 11) is 0. The number of carbonyl (C=O) groups is 2. The van der Waals surface area contributed by atoms with E-state index in [0.29, 0.717) is 5.06 Å². The number of primary amides is 1. The number of halogens is 3. The molecule has 0 saturated carbocycles. The van der Waals surface area contributed by atoms with E-state index in [1.54, 1.807) is 13.8 Å². The minimum atomic E-state index is -5.09. The average Bonchev–Trinajstić information content (AvgIpc) is 2.39. The molecule has 5 nitrogen and oxygen atoms in total. The van der Waals surface area contributed by atoms with E-state index in [2.05, 4.69) is 4.84 Å². The lowest BCUT2D eigenvalue weighted by molar-refractivity contribution is -0.241. The average molecular weight is 254 g/mol. The van der Waals surface area contributed by atoms with Gasteiger partial charge in [-0.3, -0.25) is 4.79 Å². The topological polar surface area (TPSA) is 72.6 Å². The molecule has 17 heavy (non-hydrogen) atoms. The van der Waals surface area contributed by atoms with Crippen LogP contribution in [0.4, 0.5) is 13.2 Å². The van der Waals surface area contributed by atoms with Crippen LogP contribution in [0.15, 0.2) is 0 Å². The van der Waals surface area contributed by atoms with Crippen LogP contribution in [0.3, 0.4) is 0 Å². The molecule has 1 saturated heterocycles. The molecule has 0 bridgehead atoms. The van der Waals surface area contributed by atoms with Crippen LogP contribution >= 0.6 is 0 Å². The molecule has 1 fully saturated rings. The fraction of sp³-hybridized carbons (Fsp3) is 0.778. The third-order valence-corrected chi connectivity index (χ3v) is 2.44. The standard InChI is InChI=1S/C9H13F3N2O3/c1-8(2)3-5(6(13)15)14(4-8)17-7(16)9(10,11)12/h5H,3-4H2,1-2H3,(H2,13,15). The Kier molecular flexibility index (Phi) is 3.37.